The van der Waals surface area contributed by atoms with Crippen LogP contribution in [-0.4, -0.2) is 15.4 Å². The molecule has 1 aromatic carbocycles. The first kappa shape index (κ1) is 13.0. The predicted octanol–water partition coefficient (Wildman–Crippen LogP) is 4.58. The fourth-order valence-corrected chi connectivity index (χ4v) is 3.17. The lowest BCUT2D eigenvalue weighted by Crippen LogP contribution is -2.05. The number of fused-ring (bicyclic) bond motifs is 1. The van der Waals surface area contributed by atoms with Crippen molar-refractivity contribution in [1.29, 1.82) is 0 Å². The molecule has 0 N–H and O–H groups in total. The Morgan fingerprint density at radius 2 is 2.16 bits per heavy atom. The monoisotopic (exact) mass is 310 g/mol. The first-order valence-corrected chi connectivity index (χ1v) is 7.85. The van der Waals surface area contributed by atoms with Gasteiger partial charge in [-0.1, -0.05) is 11.6 Å². The van der Waals surface area contributed by atoms with Crippen LogP contribution in [0.5, 0.6) is 0 Å². The van der Waals surface area contributed by atoms with Gasteiger partial charge in [-0.3, -0.25) is 0 Å². The number of halogens is 2. The van der Waals surface area contributed by atoms with Gasteiger partial charge >= 0.3 is 0 Å². The van der Waals surface area contributed by atoms with Crippen molar-refractivity contribution >= 4 is 45.6 Å². The van der Waals surface area contributed by atoms with Crippen LogP contribution < -0.4 is 0 Å². The third kappa shape index (κ3) is 2.64. The minimum Gasteiger partial charge on any atom is -0.323 e. The summed E-state index contributed by atoms with van der Waals surface area (Å²) in [5, 5.41) is 4.96. The number of aryl methyl sites for hydroxylation is 1. The molecule has 0 atom stereocenters. The number of nitrogens with zero attached hydrogens (tertiary/aromatic N) is 2. The van der Waals surface area contributed by atoms with Crippen molar-refractivity contribution in [3.05, 3.63) is 51.4 Å². The van der Waals surface area contributed by atoms with E-state index in [1.54, 1.807) is 11.3 Å². The molecule has 98 valence electrons. The number of alkyl halides is 1. The minimum atomic E-state index is 0.570. The van der Waals surface area contributed by atoms with Gasteiger partial charge in [0.1, 0.15) is 5.82 Å². The molecule has 0 spiro atoms. The highest BCUT2D eigenvalue weighted by atomic mass is 35.5. The molecule has 5 heteroatoms. The van der Waals surface area contributed by atoms with Gasteiger partial charge < -0.3 is 4.57 Å². The lowest BCUT2D eigenvalue weighted by Gasteiger charge is -2.07. The molecule has 0 aliphatic rings. The van der Waals surface area contributed by atoms with Gasteiger partial charge in [0.25, 0.3) is 0 Å². The molecule has 2 heterocycles. The average molecular weight is 311 g/mol. The first-order valence-electron chi connectivity index (χ1n) is 5.99. The zero-order chi connectivity index (χ0) is 13.2. The molecule has 19 heavy (non-hydrogen) atoms. The van der Waals surface area contributed by atoms with Crippen LogP contribution in [-0.2, 0) is 13.0 Å². The average Bonchev–Trinajstić information content (AvgIpc) is 2.99. The fraction of sp³-hybridized carbons (Fsp3) is 0.214. The SMILES string of the molecule is ClCCc1nc2cc(Cl)ccc2n1Cc1ccsc1. The molecule has 0 saturated carbocycles. The molecule has 0 radical (unpaired) electrons. The second-order valence-corrected chi connectivity index (χ2v) is 5.91. The summed E-state index contributed by atoms with van der Waals surface area (Å²) in [5.41, 5.74) is 3.33. The Hall–Kier alpha value is -1.03. The third-order valence-corrected chi connectivity index (χ3v) is 4.18. The zero-order valence-electron chi connectivity index (χ0n) is 10.1. The molecule has 2 nitrogen and oxygen atoms in total. The summed E-state index contributed by atoms with van der Waals surface area (Å²) in [6, 6.07) is 7.96. The van der Waals surface area contributed by atoms with E-state index < -0.39 is 0 Å². The lowest BCUT2D eigenvalue weighted by molar-refractivity contribution is 0.756. The van der Waals surface area contributed by atoms with Crippen molar-refractivity contribution < 1.29 is 0 Å². The van der Waals surface area contributed by atoms with Crippen LogP contribution in [0.4, 0.5) is 0 Å². The molecule has 3 rings (SSSR count). The van der Waals surface area contributed by atoms with E-state index >= 15 is 0 Å². The summed E-state index contributed by atoms with van der Waals surface area (Å²) < 4.78 is 2.22. The van der Waals surface area contributed by atoms with Crippen molar-refractivity contribution in [2.75, 3.05) is 5.88 Å². The molecule has 0 aliphatic carbocycles. The van der Waals surface area contributed by atoms with Crippen molar-refractivity contribution in [1.82, 2.24) is 9.55 Å². The van der Waals surface area contributed by atoms with Crippen molar-refractivity contribution in [3.63, 3.8) is 0 Å². The number of imidazole rings is 1. The van der Waals surface area contributed by atoms with Gasteiger partial charge in [-0.25, -0.2) is 4.98 Å². The number of hydrogen-bond donors (Lipinski definition) is 0. The summed E-state index contributed by atoms with van der Waals surface area (Å²) in [6.45, 7) is 0.827. The molecule has 0 amide bonds. The fourth-order valence-electron chi connectivity index (χ4n) is 2.17. The van der Waals surface area contributed by atoms with Gasteiger partial charge in [0, 0.05) is 17.3 Å². The van der Waals surface area contributed by atoms with Crippen molar-refractivity contribution in [2.24, 2.45) is 0 Å². The summed E-state index contributed by atoms with van der Waals surface area (Å²) >= 11 is 13.6. The Kier molecular flexibility index (Phi) is 3.78. The highest BCUT2D eigenvalue weighted by Crippen LogP contribution is 2.22. The van der Waals surface area contributed by atoms with E-state index in [2.05, 4.69) is 26.4 Å². The lowest BCUT2D eigenvalue weighted by atomic mass is 10.3. The van der Waals surface area contributed by atoms with Gasteiger partial charge in [-0.15, -0.1) is 11.6 Å². The smallest absolute Gasteiger partial charge is 0.111 e. The van der Waals surface area contributed by atoms with Crippen molar-refractivity contribution in [2.45, 2.75) is 13.0 Å². The van der Waals surface area contributed by atoms with E-state index in [1.165, 1.54) is 5.56 Å². The van der Waals surface area contributed by atoms with Crippen LogP contribution in [0.15, 0.2) is 35.0 Å². The normalized spacial score (nSPS) is 11.3. The van der Waals surface area contributed by atoms with E-state index in [0.29, 0.717) is 10.9 Å². The second kappa shape index (κ2) is 5.53. The Labute approximate surface area is 125 Å². The van der Waals surface area contributed by atoms with Crippen LogP contribution in [0.3, 0.4) is 0 Å². The summed E-state index contributed by atoms with van der Waals surface area (Å²) in [6.07, 6.45) is 0.762. The maximum absolute atomic E-state index is 6.03. The molecular formula is C14H12Cl2N2S. The quantitative estimate of drug-likeness (QED) is 0.645. The number of benzene rings is 1. The van der Waals surface area contributed by atoms with Gasteiger partial charge in [0.15, 0.2) is 0 Å². The van der Waals surface area contributed by atoms with Gasteiger partial charge in [0.05, 0.1) is 17.6 Å². The first-order chi connectivity index (χ1) is 9.28. The van der Waals surface area contributed by atoms with E-state index in [9.17, 15) is 0 Å². The van der Waals surface area contributed by atoms with E-state index in [4.69, 9.17) is 23.2 Å². The zero-order valence-corrected chi connectivity index (χ0v) is 12.5. The van der Waals surface area contributed by atoms with Crippen LogP contribution in [0.2, 0.25) is 5.02 Å². The molecule has 0 fully saturated rings. The highest BCUT2D eigenvalue weighted by molar-refractivity contribution is 7.07. The van der Waals surface area contributed by atoms with Crippen molar-refractivity contribution in [3.8, 4) is 0 Å². The van der Waals surface area contributed by atoms with Gasteiger partial charge in [0.2, 0.25) is 0 Å². The molecule has 2 aromatic heterocycles. The Bertz CT molecular complexity index is 689. The van der Waals surface area contributed by atoms with Crippen LogP contribution in [0.1, 0.15) is 11.4 Å². The number of aromatic nitrogens is 2. The third-order valence-electron chi connectivity index (χ3n) is 3.03. The molecule has 0 saturated heterocycles. The van der Waals surface area contributed by atoms with Crippen LogP contribution in [0, 0.1) is 0 Å². The number of hydrogen-bond acceptors (Lipinski definition) is 2. The molecular weight excluding hydrogens is 299 g/mol. The second-order valence-electron chi connectivity index (χ2n) is 4.32. The predicted molar refractivity (Wildman–Crippen MR) is 82.6 cm³/mol. The largest absolute Gasteiger partial charge is 0.323 e. The standard InChI is InChI=1S/C14H12Cl2N2S/c15-5-3-14-17-12-7-11(16)1-2-13(12)18(14)8-10-4-6-19-9-10/h1-2,4,6-7,9H,3,5,8H2. The minimum absolute atomic E-state index is 0.570. The summed E-state index contributed by atoms with van der Waals surface area (Å²) in [5.74, 6) is 1.58. The highest BCUT2D eigenvalue weighted by Gasteiger charge is 2.11. The van der Waals surface area contributed by atoms with Gasteiger partial charge in [-0.05, 0) is 40.6 Å². The van der Waals surface area contributed by atoms with Crippen LogP contribution in [0.25, 0.3) is 11.0 Å². The Morgan fingerprint density at radius 1 is 1.26 bits per heavy atom. The molecule has 0 aliphatic heterocycles. The molecule has 0 unspecified atom stereocenters. The van der Waals surface area contributed by atoms with E-state index in [-0.39, 0.29) is 0 Å². The maximum atomic E-state index is 6.03. The Morgan fingerprint density at radius 3 is 2.89 bits per heavy atom. The van der Waals surface area contributed by atoms with Gasteiger partial charge in [-0.2, -0.15) is 11.3 Å². The number of thiophene rings is 1. The van der Waals surface area contributed by atoms with Crippen LogP contribution >= 0.6 is 34.5 Å². The topological polar surface area (TPSA) is 17.8 Å². The maximum Gasteiger partial charge on any atom is 0.111 e. The summed E-state index contributed by atoms with van der Waals surface area (Å²) in [7, 11) is 0. The number of rotatable bonds is 4. The summed E-state index contributed by atoms with van der Waals surface area (Å²) in [4.78, 5) is 4.64. The van der Waals surface area contributed by atoms with E-state index in [1.807, 2.05) is 18.2 Å². The molecule has 3 aromatic rings. The molecule has 0 bridgehead atoms. The Balaban J connectivity index is 2.10. The van der Waals surface area contributed by atoms with E-state index in [0.717, 1.165) is 29.8 Å².